The molecule has 1 amide bonds. The lowest BCUT2D eigenvalue weighted by Crippen LogP contribution is -2.48. The molecule has 2 rings (SSSR count). The van der Waals surface area contributed by atoms with Gasteiger partial charge >= 0.3 is 0 Å². The van der Waals surface area contributed by atoms with Crippen molar-refractivity contribution in [1.29, 1.82) is 0 Å². The zero-order chi connectivity index (χ0) is 16.1. The number of hydrogen-bond acceptors (Lipinski definition) is 3. The molecular formula is C18H27NO3. The largest absolute Gasteiger partial charge is 0.396 e. The predicted molar refractivity (Wildman–Crippen MR) is 86.4 cm³/mol. The highest BCUT2D eigenvalue weighted by Gasteiger charge is 2.36. The quantitative estimate of drug-likeness (QED) is 0.722. The Morgan fingerprint density at radius 3 is 2.50 bits per heavy atom. The van der Waals surface area contributed by atoms with Crippen molar-refractivity contribution in [2.45, 2.75) is 51.0 Å². The Kier molecular flexibility index (Phi) is 5.59. The maximum atomic E-state index is 12.3. The van der Waals surface area contributed by atoms with Gasteiger partial charge in [0.25, 0.3) is 5.91 Å². The van der Waals surface area contributed by atoms with Crippen molar-refractivity contribution < 1.29 is 15.0 Å². The molecule has 1 aromatic carbocycles. The monoisotopic (exact) mass is 305 g/mol. The molecule has 1 aliphatic rings. The Morgan fingerprint density at radius 1 is 1.27 bits per heavy atom. The van der Waals surface area contributed by atoms with Gasteiger partial charge in [-0.1, -0.05) is 43.2 Å². The highest BCUT2D eigenvalue weighted by molar-refractivity contribution is 5.84. The molecule has 0 heterocycles. The van der Waals surface area contributed by atoms with Crippen molar-refractivity contribution in [3.05, 3.63) is 35.9 Å². The average Bonchev–Trinajstić information content (AvgIpc) is 3.01. The van der Waals surface area contributed by atoms with Crippen LogP contribution in [-0.4, -0.2) is 34.9 Å². The Morgan fingerprint density at radius 2 is 1.91 bits per heavy atom. The molecule has 1 atom stereocenters. The third-order valence-corrected chi connectivity index (χ3v) is 4.86. The van der Waals surface area contributed by atoms with Crippen LogP contribution in [0.15, 0.2) is 30.3 Å². The molecule has 0 aliphatic heterocycles. The van der Waals surface area contributed by atoms with E-state index >= 15 is 0 Å². The maximum Gasteiger partial charge on any atom is 0.251 e. The van der Waals surface area contributed by atoms with Crippen LogP contribution in [0.5, 0.6) is 0 Å². The standard InChI is InChI=1S/C18H27NO3/c1-17(22,12-9-15-7-3-2-4-8-15)16(21)19-13-18(14-20)10-5-6-11-18/h2-4,7-8,20,22H,5-6,9-14H2,1H3,(H,19,21)/t17-/m1/s1. The Labute approximate surface area is 132 Å². The summed E-state index contributed by atoms with van der Waals surface area (Å²) in [6.45, 7) is 2.11. The molecule has 1 saturated carbocycles. The minimum Gasteiger partial charge on any atom is -0.396 e. The lowest BCUT2D eigenvalue weighted by Gasteiger charge is -2.29. The SMILES string of the molecule is C[C@@](O)(CCc1ccccc1)C(=O)NCC1(CO)CCCC1. The van der Waals surface area contributed by atoms with E-state index in [1.807, 2.05) is 30.3 Å². The summed E-state index contributed by atoms with van der Waals surface area (Å²) in [5.41, 5.74) is -0.464. The third-order valence-electron chi connectivity index (χ3n) is 4.86. The number of carbonyl (C=O) groups is 1. The molecular weight excluding hydrogens is 278 g/mol. The lowest BCUT2D eigenvalue weighted by atomic mass is 9.86. The van der Waals surface area contributed by atoms with Crippen LogP contribution in [0, 0.1) is 5.41 Å². The highest BCUT2D eigenvalue weighted by Crippen LogP contribution is 2.37. The van der Waals surface area contributed by atoms with Crippen LogP contribution in [0.25, 0.3) is 0 Å². The van der Waals surface area contributed by atoms with Crippen LogP contribution in [0.2, 0.25) is 0 Å². The van der Waals surface area contributed by atoms with Gasteiger partial charge in [-0.15, -0.1) is 0 Å². The van der Waals surface area contributed by atoms with E-state index in [0.717, 1.165) is 31.2 Å². The molecule has 0 radical (unpaired) electrons. The first-order chi connectivity index (χ1) is 10.5. The average molecular weight is 305 g/mol. The number of aryl methyl sites for hydroxylation is 1. The summed E-state index contributed by atoms with van der Waals surface area (Å²) in [4.78, 5) is 12.3. The number of carbonyl (C=O) groups excluding carboxylic acids is 1. The van der Waals surface area contributed by atoms with Gasteiger partial charge in [0.2, 0.25) is 0 Å². The Balaban J connectivity index is 1.84. The normalized spacial score (nSPS) is 19.6. The van der Waals surface area contributed by atoms with E-state index in [9.17, 15) is 15.0 Å². The second-order valence-corrected chi connectivity index (χ2v) is 6.81. The summed E-state index contributed by atoms with van der Waals surface area (Å²) >= 11 is 0. The molecule has 0 unspecified atom stereocenters. The topological polar surface area (TPSA) is 69.6 Å². The zero-order valence-corrected chi connectivity index (χ0v) is 13.3. The van der Waals surface area contributed by atoms with Gasteiger partial charge in [0, 0.05) is 12.0 Å². The Bertz CT molecular complexity index is 478. The van der Waals surface area contributed by atoms with Crippen molar-refractivity contribution in [2.75, 3.05) is 13.2 Å². The zero-order valence-electron chi connectivity index (χ0n) is 13.3. The summed E-state index contributed by atoms with van der Waals surface area (Å²) in [6, 6.07) is 9.84. The second kappa shape index (κ2) is 7.25. The van der Waals surface area contributed by atoms with Crippen LogP contribution in [0.4, 0.5) is 0 Å². The predicted octanol–water partition coefficient (Wildman–Crippen LogP) is 2.04. The minimum absolute atomic E-state index is 0.0967. The molecule has 1 fully saturated rings. The van der Waals surface area contributed by atoms with Gasteiger partial charge in [-0.3, -0.25) is 4.79 Å². The number of aliphatic hydroxyl groups is 2. The van der Waals surface area contributed by atoms with E-state index in [2.05, 4.69) is 5.32 Å². The number of aliphatic hydroxyl groups excluding tert-OH is 1. The molecule has 122 valence electrons. The fraction of sp³-hybridized carbons (Fsp3) is 0.611. The van der Waals surface area contributed by atoms with Gasteiger partial charge in [-0.25, -0.2) is 0 Å². The van der Waals surface area contributed by atoms with Gasteiger partial charge in [-0.05, 0) is 38.2 Å². The van der Waals surface area contributed by atoms with Crippen LogP contribution < -0.4 is 5.32 Å². The van der Waals surface area contributed by atoms with Crippen molar-refractivity contribution >= 4 is 5.91 Å². The fourth-order valence-corrected chi connectivity index (χ4v) is 3.12. The summed E-state index contributed by atoms with van der Waals surface area (Å²) < 4.78 is 0. The summed E-state index contributed by atoms with van der Waals surface area (Å²) in [5, 5.41) is 22.8. The lowest BCUT2D eigenvalue weighted by molar-refractivity contribution is -0.139. The van der Waals surface area contributed by atoms with E-state index in [1.54, 1.807) is 6.92 Å². The maximum absolute atomic E-state index is 12.3. The minimum atomic E-state index is -1.38. The molecule has 0 spiro atoms. The summed E-state index contributed by atoms with van der Waals surface area (Å²) in [5.74, 6) is -0.344. The number of rotatable bonds is 7. The van der Waals surface area contributed by atoms with Crippen LogP contribution in [-0.2, 0) is 11.2 Å². The first-order valence-electron chi connectivity index (χ1n) is 8.13. The number of amides is 1. The fourth-order valence-electron chi connectivity index (χ4n) is 3.12. The second-order valence-electron chi connectivity index (χ2n) is 6.81. The van der Waals surface area contributed by atoms with Gasteiger partial charge in [0.05, 0.1) is 6.61 Å². The summed E-state index contributed by atoms with van der Waals surface area (Å²) in [7, 11) is 0. The van der Waals surface area contributed by atoms with Gasteiger partial charge in [0.1, 0.15) is 5.60 Å². The van der Waals surface area contributed by atoms with E-state index in [4.69, 9.17) is 0 Å². The summed E-state index contributed by atoms with van der Waals surface area (Å²) in [6.07, 6.45) is 5.12. The smallest absolute Gasteiger partial charge is 0.251 e. The molecule has 1 aromatic rings. The molecule has 0 aromatic heterocycles. The van der Waals surface area contributed by atoms with Gasteiger partial charge < -0.3 is 15.5 Å². The first kappa shape index (κ1) is 17.0. The van der Waals surface area contributed by atoms with Crippen molar-refractivity contribution in [3.63, 3.8) is 0 Å². The van der Waals surface area contributed by atoms with E-state index < -0.39 is 5.60 Å². The van der Waals surface area contributed by atoms with Gasteiger partial charge in [-0.2, -0.15) is 0 Å². The molecule has 0 saturated heterocycles. The third kappa shape index (κ3) is 4.31. The molecule has 3 N–H and O–H groups in total. The molecule has 22 heavy (non-hydrogen) atoms. The Hall–Kier alpha value is -1.39. The van der Waals surface area contributed by atoms with Crippen molar-refractivity contribution in [1.82, 2.24) is 5.32 Å². The van der Waals surface area contributed by atoms with E-state index in [0.29, 0.717) is 19.4 Å². The van der Waals surface area contributed by atoms with E-state index in [-0.39, 0.29) is 17.9 Å². The molecule has 4 heteroatoms. The van der Waals surface area contributed by atoms with Crippen LogP contribution in [0.1, 0.15) is 44.6 Å². The molecule has 0 bridgehead atoms. The number of nitrogens with one attached hydrogen (secondary N) is 1. The van der Waals surface area contributed by atoms with Gasteiger partial charge in [0.15, 0.2) is 0 Å². The number of hydrogen-bond donors (Lipinski definition) is 3. The first-order valence-corrected chi connectivity index (χ1v) is 8.13. The van der Waals surface area contributed by atoms with Crippen LogP contribution >= 0.6 is 0 Å². The number of benzene rings is 1. The molecule has 1 aliphatic carbocycles. The van der Waals surface area contributed by atoms with E-state index in [1.165, 1.54) is 0 Å². The van der Waals surface area contributed by atoms with Crippen molar-refractivity contribution in [2.24, 2.45) is 5.41 Å². The van der Waals surface area contributed by atoms with Crippen molar-refractivity contribution in [3.8, 4) is 0 Å². The highest BCUT2D eigenvalue weighted by atomic mass is 16.3. The molecule has 4 nitrogen and oxygen atoms in total. The van der Waals surface area contributed by atoms with Crippen LogP contribution in [0.3, 0.4) is 0 Å².